The molecular formula is C15H20ClF2NO2. The summed E-state index contributed by atoms with van der Waals surface area (Å²) >= 11 is 6.13. The second-order valence-electron chi connectivity index (χ2n) is 5.10. The van der Waals surface area contributed by atoms with Crippen LogP contribution in [0.1, 0.15) is 17.5 Å². The maximum atomic E-state index is 12.0. The Morgan fingerprint density at radius 1 is 1.43 bits per heavy atom. The Labute approximate surface area is 128 Å². The van der Waals surface area contributed by atoms with E-state index in [1.54, 1.807) is 0 Å². The monoisotopic (exact) mass is 319 g/mol. The minimum Gasteiger partial charge on any atom is -0.493 e. The van der Waals surface area contributed by atoms with Crippen LogP contribution in [0.3, 0.4) is 0 Å². The van der Waals surface area contributed by atoms with Gasteiger partial charge in [-0.15, -0.1) is 0 Å². The van der Waals surface area contributed by atoms with Gasteiger partial charge in [-0.1, -0.05) is 11.6 Å². The molecule has 1 aliphatic rings. The van der Waals surface area contributed by atoms with Crippen molar-refractivity contribution in [2.45, 2.75) is 31.7 Å². The Morgan fingerprint density at radius 3 is 2.95 bits per heavy atom. The molecule has 6 heteroatoms. The predicted molar refractivity (Wildman–Crippen MR) is 78.6 cm³/mol. The molecule has 0 aromatic heterocycles. The number of ether oxygens (including phenoxy) is 2. The van der Waals surface area contributed by atoms with Gasteiger partial charge in [-0.3, -0.25) is 0 Å². The van der Waals surface area contributed by atoms with E-state index in [0.29, 0.717) is 24.7 Å². The van der Waals surface area contributed by atoms with Crippen molar-refractivity contribution in [2.24, 2.45) is 0 Å². The number of halogens is 3. The van der Waals surface area contributed by atoms with Crippen LogP contribution in [0, 0.1) is 0 Å². The highest BCUT2D eigenvalue weighted by molar-refractivity contribution is 6.30. The number of alkyl halides is 2. The lowest BCUT2D eigenvalue weighted by Gasteiger charge is -2.18. The minimum atomic E-state index is -2.41. The van der Waals surface area contributed by atoms with Gasteiger partial charge in [-0.05, 0) is 43.1 Å². The average molecular weight is 320 g/mol. The molecule has 118 valence electrons. The molecule has 1 heterocycles. The summed E-state index contributed by atoms with van der Waals surface area (Å²) in [5.41, 5.74) is 2.20. The topological polar surface area (TPSA) is 30.5 Å². The standard InChI is InChI=1S/C15H20ClF2NO2/c1-19-13(3-4-20-9-14(17)18)8-11-7-12(16)6-10-2-5-21-15(10)11/h6-7,13-14,19H,2-5,8-9H2,1H3. The first-order chi connectivity index (χ1) is 10.1. The van der Waals surface area contributed by atoms with Gasteiger partial charge < -0.3 is 14.8 Å². The molecule has 1 aromatic rings. The number of likely N-dealkylation sites (N-methyl/N-ethyl adjacent to an activating group) is 1. The second-order valence-corrected chi connectivity index (χ2v) is 5.53. The molecule has 1 N–H and O–H groups in total. The largest absolute Gasteiger partial charge is 0.493 e. The summed E-state index contributed by atoms with van der Waals surface area (Å²) in [6, 6.07) is 3.98. The van der Waals surface area contributed by atoms with E-state index in [4.69, 9.17) is 21.1 Å². The smallest absolute Gasteiger partial charge is 0.261 e. The van der Waals surface area contributed by atoms with Gasteiger partial charge in [-0.2, -0.15) is 0 Å². The van der Waals surface area contributed by atoms with Crippen molar-refractivity contribution in [2.75, 3.05) is 26.9 Å². The van der Waals surface area contributed by atoms with Crippen LogP contribution < -0.4 is 10.1 Å². The first-order valence-electron chi connectivity index (χ1n) is 7.07. The summed E-state index contributed by atoms with van der Waals surface area (Å²) in [7, 11) is 1.85. The Bertz CT molecular complexity index is 471. The molecular weight excluding hydrogens is 300 g/mol. The van der Waals surface area contributed by atoms with Crippen molar-refractivity contribution in [3.05, 3.63) is 28.3 Å². The van der Waals surface area contributed by atoms with Gasteiger partial charge in [0.15, 0.2) is 0 Å². The Morgan fingerprint density at radius 2 is 2.24 bits per heavy atom. The van der Waals surface area contributed by atoms with E-state index in [1.807, 2.05) is 19.2 Å². The number of benzene rings is 1. The van der Waals surface area contributed by atoms with Crippen LogP contribution >= 0.6 is 11.6 Å². The number of nitrogens with one attached hydrogen (secondary N) is 1. The van der Waals surface area contributed by atoms with Gasteiger partial charge >= 0.3 is 0 Å². The fourth-order valence-corrected chi connectivity index (χ4v) is 2.77. The highest BCUT2D eigenvalue weighted by Gasteiger charge is 2.19. The van der Waals surface area contributed by atoms with Crippen molar-refractivity contribution < 1.29 is 18.3 Å². The number of fused-ring (bicyclic) bond motifs is 1. The molecule has 0 radical (unpaired) electrons. The van der Waals surface area contributed by atoms with Gasteiger partial charge in [0.05, 0.1) is 6.61 Å². The minimum absolute atomic E-state index is 0.134. The van der Waals surface area contributed by atoms with Crippen molar-refractivity contribution in [3.8, 4) is 5.75 Å². The zero-order chi connectivity index (χ0) is 15.2. The summed E-state index contributed by atoms with van der Waals surface area (Å²) in [5, 5.41) is 3.89. The second kappa shape index (κ2) is 7.92. The van der Waals surface area contributed by atoms with E-state index >= 15 is 0 Å². The lowest BCUT2D eigenvalue weighted by Crippen LogP contribution is -2.29. The summed E-state index contributed by atoms with van der Waals surface area (Å²) in [6.07, 6.45) is -0.144. The maximum Gasteiger partial charge on any atom is 0.261 e. The lowest BCUT2D eigenvalue weighted by molar-refractivity contribution is 0.0146. The van der Waals surface area contributed by atoms with Crippen molar-refractivity contribution in [1.82, 2.24) is 5.32 Å². The van der Waals surface area contributed by atoms with E-state index in [0.717, 1.165) is 29.7 Å². The summed E-state index contributed by atoms with van der Waals surface area (Å²) in [6.45, 7) is 0.482. The Hall–Kier alpha value is -0.910. The van der Waals surface area contributed by atoms with Crippen LogP contribution in [-0.4, -0.2) is 39.3 Å². The molecule has 1 aromatic carbocycles. The zero-order valence-electron chi connectivity index (χ0n) is 12.0. The van der Waals surface area contributed by atoms with Gasteiger partial charge in [0.1, 0.15) is 12.4 Å². The highest BCUT2D eigenvalue weighted by atomic mass is 35.5. The molecule has 3 nitrogen and oxygen atoms in total. The van der Waals surface area contributed by atoms with Crippen LogP contribution in [0.2, 0.25) is 5.02 Å². The van der Waals surface area contributed by atoms with Crippen molar-refractivity contribution in [1.29, 1.82) is 0 Å². The molecule has 0 spiro atoms. The molecule has 0 fully saturated rings. The van der Waals surface area contributed by atoms with Gasteiger partial charge in [-0.25, -0.2) is 8.78 Å². The Balaban J connectivity index is 1.93. The van der Waals surface area contributed by atoms with Crippen molar-refractivity contribution >= 4 is 11.6 Å². The van der Waals surface area contributed by atoms with E-state index in [1.165, 1.54) is 0 Å². The fourth-order valence-electron chi connectivity index (χ4n) is 2.51. The lowest BCUT2D eigenvalue weighted by atomic mass is 10.00. The van der Waals surface area contributed by atoms with Crippen LogP contribution in [0.15, 0.2) is 12.1 Å². The molecule has 0 bridgehead atoms. The SMILES string of the molecule is CNC(CCOCC(F)F)Cc1cc(Cl)cc2c1OCC2. The predicted octanol–water partition coefficient (Wildman–Crippen LogP) is 3.08. The number of rotatable bonds is 8. The number of hydrogen-bond donors (Lipinski definition) is 1. The molecule has 2 rings (SSSR count). The zero-order valence-corrected chi connectivity index (χ0v) is 12.8. The molecule has 0 saturated carbocycles. The van der Waals surface area contributed by atoms with Crippen LogP contribution in [0.25, 0.3) is 0 Å². The first kappa shape index (κ1) is 16.5. The quantitative estimate of drug-likeness (QED) is 0.747. The number of hydrogen-bond acceptors (Lipinski definition) is 3. The normalized spacial score (nSPS) is 15.1. The third-order valence-corrected chi connectivity index (χ3v) is 3.77. The first-order valence-corrected chi connectivity index (χ1v) is 7.45. The van der Waals surface area contributed by atoms with Crippen molar-refractivity contribution in [3.63, 3.8) is 0 Å². The summed E-state index contributed by atoms with van der Waals surface area (Å²) < 4.78 is 34.6. The van der Waals surface area contributed by atoms with Crippen LogP contribution in [0.4, 0.5) is 8.78 Å². The fraction of sp³-hybridized carbons (Fsp3) is 0.600. The maximum absolute atomic E-state index is 12.0. The summed E-state index contributed by atoms with van der Waals surface area (Å²) in [4.78, 5) is 0. The summed E-state index contributed by atoms with van der Waals surface area (Å²) in [5.74, 6) is 0.924. The van der Waals surface area contributed by atoms with Crippen LogP contribution in [0.5, 0.6) is 5.75 Å². The molecule has 1 unspecified atom stereocenters. The molecule has 0 aliphatic carbocycles. The molecule has 1 atom stereocenters. The third-order valence-electron chi connectivity index (χ3n) is 3.55. The van der Waals surface area contributed by atoms with Gasteiger partial charge in [0, 0.05) is 24.1 Å². The molecule has 1 aliphatic heterocycles. The van der Waals surface area contributed by atoms with E-state index in [2.05, 4.69) is 5.32 Å². The van der Waals surface area contributed by atoms with Gasteiger partial charge in [0.25, 0.3) is 6.43 Å². The van der Waals surface area contributed by atoms with E-state index in [-0.39, 0.29) is 6.04 Å². The van der Waals surface area contributed by atoms with Gasteiger partial charge in [0.2, 0.25) is 0 Å². The Kier molecular flexibility index (Phi) is 6.21. The molecule has 0 saturated heterocycles. The van der Waals surface area contributed by atoms with E-state index in [9.17, 15) is 8.78 Å². The molecule has 21 heavy (non-hydrogen) atoms. The van der Waals surface area contributed by atoms with E-state index < -0.39 is 13.0 Å². The third kappa shape index (κ3) is 4.80. The van der Waals surface area contributed by atoms with Crippen LogP contribution in [-0.2, 0) is 17.6 Å². The average Bonchev–Trinajstić information content (AvgIpc) is 2.89. The highest BCUT2D eigenvalue weighted by Crippen LogP contribution is 2.33. The molecule has 0 amide bonds.